The molecule has 0 aliphatic carbocycles. The van der Waals surface area contributed by atoms with Gasteiger partial charge in [-0.3, -0.25) is 68.7 Å². The maximum absolute atomic E-state index is 13.8. The number of nitrogens with one attached hydrogen (secondary N) is 4. The summed E-state index contributed by atoms with van der Waals surface area (Å²) in [5.74, 6) is 0.955. The SMILES string of the molecule is C=CC(=O)N1CCCN(C(=O)c2cc(Sc3cnc(NC(=O)c4ccsc4)s3)c(C)cc2C)C[C@H]1CC.C=CC(=O)N1CCCN(C(=O)c2cc(Sc3cnc(NC(=O)c4ccsc4)s3)c(C)cc2OC)C[C@H]1CC.C=CC(=O)N1CCCN(C(=O)c2cc(Sc3cnc(NC(=O)c4cnsc4)s3)c(C)cc2OC)C[C@H]1CC.C=CC(=O)N1CCCN(C(=O)c2cc(Sc3cnc(Nc4ncccc4C)s3)c(C)cc2OC)C[C@H]1C. The lowest BCUT2D eigenvalue weighted by Gasteiger charge is -2.30. The fourth-order valence-corrected chi connectivity index (χ4v) is 26.7. The van der Waals surface area contributed by atoms with Crippen molar-refractivity contribution in [1.82, 2.24) is 68.5 Å². The number of nitrogens with zero attached hydrogens (tertiary/aromatic N) is 14. The smallest absolute Gasteiger partial charge is 0.259 e. The molecule has 12 aromatic rings. The fourth-order valence-electron chi connectivity index (χ4n) is 17.2. The van der Waals surface area contributed by atoms with Gasteiger partial charge in [0.05, 0.1) is 103 Å². The molecular weight excluding hydrogens is 2110 g/mol. The molecule has 788 valence electrons. The van der Waals surface area contributed by atoms with Crippen LogP contribution in [-0.4, -0.2) is 258 Å². The molecule has 11 amide bonds. The van der Waals surface area contributed by atoms with E-state index in [4.69, 9.17) is 14.2 Å². The van der Waals surface area contributed by atoms with Gasteiger partial charge in [-0.05, 0) is 234 Å². The Labute approximate surface area is 918 Å². The maximum Gasteiger partial charge on any atom is 0.259 e. The lowest BCUT2D eigenvalue weighted by molar-refractivity contribution is -0.128. The standard InChI is InChI=1S/C27H31N5O3S2.C27H30N4O4S3.C27H30N4O3S3.C26H29N5O4S3/c1-6-23(33)32-12-8-11-31(16-19(32)4)26(34)20-14-22(18(3)13-21(20)35-5)36-24-15-29-27(37-24)30-25-17(2)9-7-10-28-25;1-5-19-15-30(9-7-10-31(19)23(32)6-2)26(34)20-13-22(17(3)12-21(20)35-4)37-24-14-28-27(38-24)29-25(33)18-8-11-36-16-18;1-5-20-15-30(9-7-10-31(20)23(32)6-2)26(34)21-13-22(18(4)12-17(21)3)36-24-14-28-27(37-24)29-25(33)19-8-11-35-16-19;1-5-18-14-30(8-7-9-31(18)22(32)6-2)25(34)19-11-21(16(3)10-20(19)35-4)37-23-13-27-26(38-23)29-24(33)17-12-28-36-15-17/h6-7,9-10,13-15,19H,1,8,11-12,16H2,2-5H3,(H,28,29,30);6,8,11-14,16,19H,2,5,7,9-10,15H2,1,3-4H3,(H,28,29,33);6,8,11-14,16,20H,2,5,7,9-10,15H2,1,3-4H3,(H,28,29,33);6,10-13,15,18H,2,5,7-9,14H2,1,3-4H3,(H,27,29,33)/t2*19-;20-;18-/m1111/s1. The molecule has 0 spiro atoms. The molecule has 0 saturated carbocycles. The van der Waals surface area contributed by atoms with Crippen LogP contribution in [0.2, 0.25) is 0 Å². The van der Waals surface area contributed by atoms with Crippen molar-refractivity contribution in [2.75, 3.05) is 121 Å². The van der Waals surface area contributed by atoms with E-state index in [1.807, 2.05) is 181 Å². The van der Waals surface area contributed by atoms with Crippen molar-refractivity contribution in [3.63, 3.8) is 0 Å². The third-order valence-electron chi connectivity index (χ3n) is 25.2. The number of aromatic nitrogens is 6. The first-order valence-corrected chi connectivity index (χ1v) is 57.7. The summed E-state index contributed by atoms with van der Waals surface area (Å²) in [4.78, 5) is 181. The average Bonchev–Trinajstić information content (AvgIpc) is 1.29. The van der Waals surface area contributed by atoms with E-state index in [-0.39, 0.29) is 89.1 Å². The van der Waals surface area contributed by atoms with E-state index in [1.165, 1.54) is 145 Å². The summed E-state index contributed by atoms with van der Waals surface area (Å²) in [7, 11) is 4.70. The van der Waals surface area contributed by atoms with E-state index in [0.717, 1.165) is 106 Å². The molecule has 4 atom stereocenters. The van der Waals surface area contributed by atoms with Crippen LogP contribution in [0.5, 0.6) is 17.2 Å². The van der Waals surface area contributed by atoms with E-state index in [1.54, 1.807) is 91.1 Å². The monoisotopic (exact) mass is 2230 g/mol. The van der Waals surface area contributed by atoms with Crippen molar-refractivity contribution in [1.29, 1.82) is 0 Å². The van der Waals surface area contributed by atoms with Gasteiger partial charge >= 0.3 is 0 Å². The molecule has 0 unspecified atom stereocenters. The predicted molar refractivity (Wildman–Crippen MR) is 602 cm³/mol. The molecular formula is C107H120N18O14S11. The molecule has 43 heteroatoms. The number of pyridine rings is 1. The van der Waals surface area contributed by atoms with Gasteiger partial charge in [-0.15, -0.1) is 0 Å². The zero-order valence-corrected chi connectivity index (χ0v) is 94.6. The summed E-state index contributed by atoms with van der Waals surface area (Å²) in [6, 6.07) is 22.4. The second-order valence-corrected chi connectivity index (χ2v) is 46.9. The highest BCUT2D eigenvalue weighted by atomic mass is 32.2. The Morgan fingerprint density at radius 1 is 0.387 bits per heavy atom. The van der Waals surface area contributed by atoms with Gasteiger partial charge in [0.1, 0.15) is 23.1 Å². The van der Waals surface area contributed by atoms with Crippen molar-refractivity contribution in [2.45, 2.75) is 175 Å². The number of methoxy groups -OCH3 is 3. The lowest BCUT2D eigenvalue weighted by atomic mass is 10.0. The summed E-state index contributed by atoms with van der Waals surface area (Å²) < 4.78 is 24.4. The van der Waals surface area contributed by atoms with Crippen molar-refractivity contribution < 1.29 is 67.0 Å². The van der Waals surface area contributed by atoms with Crippen LogP contribution < -0.4 is 35.5 Å². The van der Waals surface area contributed by atoms with Crippen molar-refractivity contribution in [3.8, 4) is 17.2 Å². The Morgan fingerprint density at radius 2 is 0.720 bits per heavy atom. The number of carbonyl (C=O) groups is 11. The lowest BCUT2D eigenvalue weighted by Crippen LogP contribution is -2.44. The van der Waals surface area contributed by atoms with Crippen LogP contribution in [0.1, 0.15) is 179 Å². The van der Waals surface area contributed by atoms with Crippen LogP contribution in [-0.2, 0) is 19.2 Å². The van der Waals surface area contributed by atoms with Crippen LogP contribution in [0.15, 0.2) is 224 Å². The second-order valence-electron chi connectivity index (χ2n) is 35.2. The number of ether oxygens (including phenoxy) is 3. The Kier molecular flexibility index (Phi) is 41.8. The molecule has 4 N–H and O–H groups in total. The van der Waals surface area contributed by atoms with E-state index < -0.39 is 0 Å². The highest BCUT2D eigenvalue weighted by Gasteiger charge is 2.37. The topological polar surface area (TPSA) is 367 Å². The Bertz CT molecular complexity index is 6660. The highest BCUT2D eigenvalue weighted by Crippen LogP contribution is 2.45. The minimum atomic E-state index is -0.255. The first-order chi connectivity index (χ1) is 72.3. The fraction of sp³-hybridized carbons (Fsp3) is 0.336. The summed E-state index contributed by atoms with van der Waals surface area (Å²) >= 11 is 15.9. The molecule has 8 aromatic heterocycles. The summed E-state index contributed by atoms with van der Waals surface area (Å²) in [6.07, 6.45) is 20.7. The van der Waals surface area contributed by atoms with Crippen molar-refractivity contribution in [2.24, 2.45) is 0 Å². The molecule has 16 rings (SSSR count). The number of rotatable bonds is 30. The van der Waals surface area contributed by atoms with E-state index in [2.05, 4.69) is 76.9 Å². The van der Waals surface area contributed by atoms with Gasteiger partial charge < -0.3 is 58.7 Å². The van der Waals surface area contributed by atoms with Gasteiger partial charge in [0, 0.05) is 150 Å². The number of hydrogen-bond acceptors (Lipinski definition) is 32. The molecule has 0 bridgehead atoms. The van der Waals surface area contributed by atoms with Crippen LogP contribution in [0.4, 0.5) is 26.3 Å². The number of aryl methyl sites for hydroxylation is 6. The molecule has 0 radical (unpaired) electrons. The largest absolute Gasteiger partial charge is 0.496 e. The maximum atomic E-state index is 13.8. The Balaban J connectivity index is 0.000000167. The number of benzene rings is 4. The zero-order chi connectivity index (χ0) is 108. The van der Waals surface area contributed by atoms with Crippen molar-refractivity contribution >= 4 is 218 Å². The number of thiazole rings is 4. The molecule has 4 saturated heterocycles. The summed E-state index contributed by atoms with van der Waals surface area (Å²) in [6.45, 7) is 41.0. The first-order valence-electron chi connectivity index (χ1n) is 48.5. The van der Waals surface area contributed by atoms with E-state index >= 15 is 0 Å². The van der Waals surface area contributed by atoms with Gasteiger partial charge in [0.15, 0.2) is 20.5 Å². The number of carbonyl (C=O) groups excluding carboxylic acids is 11. The van der Waals surface area contributed by atoms with Crippen molar-refractivity contribution in [3.05, 3.63) is 260 Å². The number of thiophene rings is 2. The van der Waals surface area contributed by atoms with E-state index in [0.29, 0.717) is 169 Å². The van der Waals surface area contributed by atoms with Gasteiger partial charge in [-0.1, -0.05) is 152 Å². The number of amides is 11. The number of hydrogen-bond donors (Lipinski definition) is 4. The molecule has 150 heavy (non-hydrogen) atoms. The van der Waals surface area contributed by atoms with Crippen LogP contribution >= 0.6 is 127 Å². The first kappa shape index (κ1) is 114. The molecule has 12 heterocycles. The van der Waals surface area contributed by atoms with Gasteiger partial charge in [-0.25, -0.2) is 29.3 Å². The quantitative estimate of drug-likeness (QED) is 0.0304. The second kappa shape index (κ2) is 54.8. The Hall–Kier alpha value is -12.7. The predicted octanol–water partition coefficient (Wildman–Crippen LogP) is 21.7. The van der Waals surface area contributed by atoms with E-state index in [9.17, 15) is 52.7 Å². The summed E-state index contributed by atoms with van der Waals surface area (Å²) in [5, 5.41) is 23.0. The molecule has 4 aliphatic heterocycles. The van der Waals surface area contributed by atoms with Gasteiger partial charge in [0.2, 0.25) is 23.6 Å². The molecule has 4 aromatic carbocycles. The third kappa shape index (κ3) is 29.6. The van der Waals surface area contributed by atoms with Crippen LogP contribution in [0, 0.1) is 41.5 Å². The summed E-state index contributed by atoms with van der Waals surface area (Å²) in [5.41, 5.74) is 9.81. The minimum absolute atomic E-state index is 0.0151. The van der Waals surface area contributed by atoms with Crippen LogP contribution in [0.3, 0.4) is 0 Å². The molecule has 4 fully saturated rings. The average molecular weight is 2230 g/mol. The normalized spacial score (nSPS) is 15.7. The third-order valence-corrected chi connectivity index (χ3v) is 35.9. The molecule has 4 aliphatic rings. The van der Waals surface area contributed by atoms with Gasteiger partial charge in [0.25, 0.3) is 41.4 Å². The van der Waals surface area contributed by atoms with Crippen LogP contribution in [0.25, 0.3) is 0 Å². The molecule has 32 nitrogen and oxygen atoms in total. The van der Waals surface area contributed by atoms with Gasteiger partial charge in [-0.2, -0.15) is 22.7 Å². The zero-order valence-electron chi connectivity index (χ0n) is 85.6. The minimum Gasteiger partial charge on any atom is -0.496 e. The highest BCUT2D eigenvalue weighted by molar-refractivity contribution is 8.02. The number of anilines is 5. The Morgan fingerprint density at radius 3 is 1.06 bits per heavy atom.